The lowest BCUT2D eigenvalue weighted by atomic mass is 10.1. The summed E-state index contributed by atoms with van der Waals surface area (Å²) < 4.78 is 1.78. The van der Waals surface area contributed by atoms with Gasteiger partial charge in [-0.25, -0.2) is 4.68 Å². The van der Waals surface area contributed by atoms with Gasteiger partial charge in [0.2, 0.25) is 5.16 Å². The van der Waals surface area contributed by atoms with Gasteiger partial charge in [0.05, 0.1) is 11.8 Å². The van der Waals surface area contributed by atoms with Crippen LogP contribution in [-0.4, -0.2) is 37.0 Å². The highest BCUT2D eigenvalue weighted by atomic mass is 32.2. The Labute approximate surface area is 97.4 Å². The van der Waals surface area contributed by atoms with Crippen LogP contribution >= 0.6 is 11.8 Å². The van der Waals surface area contributed by atoms with E-state index in [1.807, 2.05) is 0 Å². The van der Waals surface area contributed by atoms with Gasteiger partial charge in [-0.15, -0.1) is 5.10 Å². The minimum absolute atomic E-state index is 0.00146. The molecule has 0 spiro atoms. The van der Waals surface area contributed by atoms with Crippen molar-refractivity contribution in [3.63, 3.8) is 0 Å². The maximum atomic E-state index is 10.5. The highest BCUT2D eigenvalue weighted by molar-refractivity contribution is 7.99. The van der Waals surface area contributed by atoms with Gasteiger partial charge in [-0.05, 0) is 29.2 Å². The number of carboxylic acids is 1. The molecule has 1 aromatic heterocycles. The molecule has 88 valence electrons. The first-order chi connectivity index (χ1) is 7.68. The monoisotopic (exact) mass is 242 g/mol. The Morgan fingerprint density at radius 1 is 1.62 bits per heavy atom. The molecule has 7 heteroatoms. The second-order valence-corrected chi connectivity index (χ2v) is 5.01. The first kappa shape index (κ1) is 11.4. The average molecular weight is 242 g/mol. The number of nitrogens with zero attached hydrogens (tertiary/aromatic N) is 4. The third kappa shape index (κ3) is 2.34. The summed E-state index contributed by atoms with van der Waals surface area (Å²) in [6, 6.07) is 0.325. The molecular weight excluding hydrogens is 228 g/mol. The normalized spacial score (nSPS) is 24.8. The molecule has 2 unspecified atom stereocenters. The van der Waals surface area contributed by atoms with E-state index in [0.29, 0.717) is 17.1 Å². The summed E-state index contributed by atoms with van der Waals surface area (Å²) in [6.07, 6.45) is 3.45. The van der Waals surface area contributed by atoms with Gasteiger partial charge in [-0.2, -0.15) is 0 Å². The second kappa shape index (κ2) is 4.82. The Bertz CT molecular complexity index is 381. The van der Waals surface area contributed by atoms with Crippen LogP contribution in [0.5, 0.6) is 0 Å². The Morgan fingerprint density at radius 2 is 2.44 bits per heavy atom. The molecule has 16 heavy (non-hydrogen) atoms. The molecule has 0 radical (unpaired) electrons. The zero-order valence-electron chi connectivity index (χ0n) is 9.04. The Morgan fingerprint density at radius 3 is 3.06 bits per heavy atom. The molecule has 1 aliphatic rings. The van der Waals surface area contributed by atoms with Crippen LogP contribution in [0.4, 0.5) is 0 Å². The molecule has 2 rings (SSSR count). The maximum Gasteiger partial charge on any atom is 0.313 e. The van der Waals surface area contributed by atoms with Crippen molar-refractivity contribution in [2.45, 2.75) is 37.4 Å². The summed E-state index contributed by atoms with van der Waals surface area (Å²) in [6.45, 7) is 2.19. The third-order valence-electron chi connectivity index (χ3n) is 2.92. The summed E-state index contributed by atoms with van der Waals surface area (Å²) in [5, 5.41) is 20.7. The Balaban J connectivity index is 2.09. The molecule has 1 N–H and O–H groups in total. The molecule has 0 aliphatic heterocycles. The first-order valence-electron chi connectivity index (χ1n) is 5.31. The Hall–Kier alpha value is -1.11. The van der Waals surface area contributed by atoms with E-state index in [1.54, 1.807) is 4.68 Å². The van der Waals surface area contributed by atoms with Gasteiger partial charge in [0.1, 0.15) is 0 Å². The molecule has 6 nitrogen and oxygen atoms in total. The van der Waals surface area contributed by atoms with E-state index in [1.165, 1.54) is 24.6 Å². The van der Waals surface area contributed by atoms with Gasteiger partial charge in [-0.3, -0.25) is 4.79 Å². The number of carbonyl (C=O) groups is 1. The molecule has 2 atom stereocenters. The first-order valence-corrected chi connectivity index (χ1v) is 6.29. The fraction of sp³-hybridized carbons (Fsp3) is 0.778. The van der Waals surface area contributed by atoms with Crippen molar-refractivity contribution >= 4 is 17.7 Å². The summed E-state index contributed by atoms with van der Waals surface area (Å²) in [7, 11) is 0. The van der Waals surface area contributed by atoms with E-state index >= 15 is 0 Å². The van der Waals surface area contributed by atoms with Crippen molar-refractivity contribution in [1.29, 1.82) is 0 Å². The van der Waals surface area contributed by atoms with E-state index in [-0.39, 0.29) is 5.75 Å². The van der Waals surface area contributed by atoms with Crippen molar-refractivity contribution in [2.75, 3.05) is 5.75 Å². The van der Waals surface area contributed by atoms with Gasteiger partial charge in [0, 0.05) is 0 Å². The number of aliphatic carboxylic acids is 1. The number of carboxylic acid groups (broad SMARTS) is 1. The van der Waals surface area contributed by atoms with E-state index in [0.717, 1.165) is 6.42 Å². The van der Waals surface area contributed by atoms with Crippen LogP contribution in [0.1, 0.15) is 32.2 Å². The molecular formula is C9H14N4O2S. The Kier molecular flexibility index (Phi) is 3.42. The van der Waals surface area contributed by atoms with Crippen LogP contribution in [0, 0.1) is 5.92 Å². The summed E-state index contributed by atoms with van der Waals surface area (Å²) in [4.78, 5) is 10.5. The fourth-order valence-corrected chi connectivity index (χ4v) is 2.76. The van der Waals surface area contributed by atoms with Crippen LogP contribution in [0.15, 0.2) is 5.16 Å². The topological polar surface area (TPSA) is 80.9 Å². The summed E-state index contributed by atoms with van der Waals surface area (Å²) in [5.41, 5.74) is 0. The van der Waals surface area contributed by atoms with E-state index in [2.05, 4.69) is 22.4 Å². The third-order valence-corrected chi connectivity index (χ3v) is 3.84. The number of tetrazole rings is 1. The number of rotatable bonds is 4. The van der Waals surface area contributed by atoms with Crippen LogP contribution in [0.25, 0.3) is 0 Å². The van der Waals surface area contributed by atoms with Crippen LogP contribution in [0.3, 0.4) is 0 Å². The highest BCUT2D eigenvalue weighted by Crippen LogP contribution is 2.36. The zero-order chi connectivity index (χ0) is 11.5. The molecule has 1 saturated carbocycles. The highest BCUT2D eigenvalue weighted by Gasteiger charge is 2.28. The number of aromatic nitrogens is 4. The zero-order valence-corrected chi connectivity index (χ0v) is 9.85. The second-order valence-electron chi connectivity index (χ2n) is 4.06. The number of hydrogen-bond acceptors (Lipinski definition) is 5. The van der Waals surface area contributed by atoms with Gasteiger partial charge in [0.15, 0.2) is 0 Å². The molecule has 0 aromatic carbocycles. The maximum absolute atomic E-state index is 10.5. The predicted molar refractivity (Wildman–Crippen MR) is 58.2 cm³/mol. The lowest BCUT2D eigenvalue weighted by molar-refractivity contribution is -0.133. The predicted octanol–water partition coefficient (Wildman–Crippen LogP) is 1.21. The van der Waals surface area contributed by atoms with Gasteiger partial charge in [-0.1, -0.05) is 25.1 Å². The number of hydrogen-bond donors (Lipinski definition) is 1. The van der Waals surface area contributed by atoms with Crippen molar-refractivity contribution in [3.05, 3.63) is 0 Å². The molecule has 0 bridgehead atoms. The molecule has 0 saturated heterocycles. The number of thioether (sulfide) groups is 1. The minimum Gasteiger partial charge on any atom is -0.481 e. The molecule has 0 amide bonds. The van der Waals surface area contributed by atoms with Crippen LogP contribution < -0.4 is 0 Å². The average Bonchev–Trinajstić information content (AvgIpc) is 2.82. The van der Waals surface area contributed by atoms with Gasteiger partial charge < -0.3 is 5.11 Å². The molecule has 1 aromatic rings. The van der Waals surface area contributed by atoms with Crippen LogP contribution in [-0.2, 0) is 4.79 Å². The standard InChI is InChI=1S/C9H14N4O2S/c1-6-3-2-4-7(6)13-9(10-11-12-13)16-5-8(14)15/h6-7H,2-5H2,1H3,(H,14,15). The van der Waals surface area contributed by atoms with Crippen LogP contribution in [0.2, 0.25) is 0 Å². The largest absolute Gasteiger partial charge is 0.481 e. The van der Waals surface area contributed by atoms with E-state index in [9.17, 15) is 4.79 Å². The van der Waals surface area contributed by atoms with E-state index in [4.69, 9.17) is 5.11 Å². The van der Waals surface area contributed by atoms with Crippen molar-refractivity contribution in [3.8, 4) is 0 Å². The lowest BCUT2D eigenvalue weighted by Crippen LogP contribution is -2.15. The molecule has 1 fully saturated rings. The minimum atomic E-state index is -0.848. The van der Waals surface area contributed by atoms with Crippen molar-refractivity contribution in [1.82, 2.24) is 20.2 Å². The lowest BCUT2D eigenvalue weighted by Gasteiger charge is -2.15. The van der Waals surface area contributed by atoms with E-state index < -0.39 is 5.97 Å². The van der Waals surface area contributed by atoms with Crippen molar-refractivity contribution < 1.29 is 9.90 Å². The SMILES string of the molecule is CC1CCCC1n1nnnc1SCC(=O)O. The van der Waals surface area contributed by atoms with Crippen molar-refractivity contribution in [2.24, 2.45) is 5.92 Å². The van der Waals surface area contributed by atoms with Gasteiger partial charge in [0.25, 0.3) is 0 Å². The fourth-order valence-electron chi connectivity index (χ4n) is 2.10. The van der Waals surface area contributed by atoms with Gasteiger partial charge >= 0.3 is 5.97 Å². The molecule has 1 heterocycles. The summed E-state index contributed by atoms with van der Waals surface area (Å²) in [5.74, 6) is -0.284. The molecule has 1 aliphatic carbocycles. The quantitative estimate of drug-likeness (QED) is 0.799. The summed E-state index contributed by atoms with van der Waals surface area (Å²) >= 11 is 1.18. The smallest absolute Gasteiger partial charge is 0.313 e.